The van der Waals surface area contributed by atoms with Gasteiger partial charge in [-0.25, -0.2) is 12.8 Å². The summed E-state index contributed by atoms with van der Waals surface area (Å²) in [4.78, 5) is 29.9. The van der Waals surface area contributed by atoms with Gasteiger partial charge in [-0.3, -0.25) is 9.59 Å². The summed E-state index contributed by atoms with van der Waals surface area (Å²) in [7, 11) is -2.04. The molecule has 2 N–H and O–H groups in total. The van der Waals surface area contributed by atoms with Crippen molar-refractivity contribution in [3.8, 4) is 5.75 Å². The van der Waals surface area contributed by atoms with Crippen LogP contribution in [0.4, 0.5) is 21.5 Å². The lowest BCUT2D eigenvalue weighted by Crippen LogP contribution is -2.49. The Morgan fingerprint density at radius 3 is 2.33 bits per heavy atom. The number of methoxy groups -OCH3 is 1. The fourth-order valence-electron chi connectivity index (χ4n) is 4.79. The molecule has 0 spiro atoms. The summed E-state index contributed by atoms with van der Waals surface area (Å²) in [6.07, 6.45) is 0. The predicted octanol–water partition coefficient (Wildman–Crippen LogP) is 3.14. The van der Waals surface area contributed by atoms with E-state index in [0.717, 1.165) is 11.4 Å². The van der Waals surface area contributed by atoms with Gasteiger partial charge in [0, 0.05) is 37.4 Å². The first-order valence-corrected chi connectivity index (χ1v) is 14.4. The van der Waals surface area contributed by atoms with Gasteiger partial charge in [0.1, 0.15) is 17.6 Å². The van der Waals surface area contributed by atoms with Gasteiger partial charge in [-0.2, -0.15) is 0 Å². The number of piperazine rings is 1. The molecule has 2 amide bonds. The van der Waals surface area contributed by atoms with Gasteiger partial charge in [0.15, 0.2) is 9.84 Å². The summed E-state index contributed by atoms with van der Waals surface area (Å²) >= 11 is 0. The van der Waals surface area contributed by atoms with E-state index in [9.17, 15) is 22.4 Å². The van der Waals surface area contributed by atoms with E-state index in [1.54, 1.807) is 30.2 Å². The van der Waals surface area contributed by atoms with Crippen molar-refractivity contribution in [3.63, 3.8) is 0 Å². The fraction of sp³-hybridized carbons (Fsp3) is 0.286. The first kappa shape index (κ1) is 26.5. The van der Waals surface area contributed by atoms with E-state index in [-0.39, 0.29) is 11.7 Å². The second kappa shape index (κ2) is 10.9. The number of rotatable bonds is 7. The lowest BCUT2D eigenvalue weighted by Gasteiger charge is -2.36. The quantitative estimate of drug-likeness (QED) is 0.464. The topological polar surface area (TPSA) is 108 Å². The number of fused-ring (bicyclic) bond motifs is 1. The van der Waals surface area contributed by atoms with Crippen molar-refractivity contribution in [2.45, 2.75) is 11.8 Å². The normalized spacial score (nSPS) is 17.2. The fourth-order valence-corrected chi connectivity index (χ4v) is 6.35. The number of amides is 2. The maximum atomic E-state index is 13.2. The van der Waals surface area contributed by atoms with Gasteiger partial charge in [0.25, 0.3) is 5.91 Å². The van der Waals surface area contributed by atoms with Crippen LogP contribution >= 0.6 is 0 Å². The van der Waals surface area contributed by atoms with Crippen LogP contribution in [0.5, 0.6) is 5.75 Å². The van der Waals surface area contributed by atoms with Crippen LogP contribution in [0.25, 0.3) is 0 Å². The Morgan fingerprint density at radius 2 is 1.67 bits per heavy atom. The summed E-state index contributed by atoms with van der Waals surface area (Å²) in [5.74, 6) is -1.01. The van der Waals surface area contributed by atoms with E-state index >= 15 is 0 Å². The molecule has 0 unspecified atom stereocenters. The first-order valence-electron chi connectivity index (χ1n) is 12.6. The molecule has 2 aliphatic rings. The lowest BCUT2D eigenvalue weighted by molar-refractivity contribution is -0.116. The maximum absolute atomic E-state index is 13.2. The number of sulfone groups is 1. The molecule has 3 aromatic rings. The van der Waals surface area contributed by atoms with Gasteiger partial charge in [-0.1, -0.05) is 12.1 Å². The average Bonchev–Trinajstić information content (AvgIpc) is 2.94. The Bertz CT molecular complexity index is 1470. The third-order valence-electron chi connectivity index (χ3n) is 6.90. The first-order chi connectivity index (χ1) is 18.7. The summed E-state index contributed by atoms with van der Waals surface area (Å²) in [6, 6.07) is 17.0. The second-order valence-corrected chi connectivity index (χ2v) is 11.7. The van der Waals surface area contributed by atoms with Crippen molar-refractivity contribution >= 4 is 38.7 Å². The van der Waals surface area contributed by atoms with Gasteiger partial charge < -0.3 is 25.2 Å². The monoisotopic (exact) mass is 552 g/mol. The van der Waals surface area contributed by atoms with Crippen LogP contribution in [-0.4, -0.2) is 70.2 Å². The number of carbonyl (C=O) groups is 2. The van der Waals surface area contributed by atoms with E-state index in [1.807, 2.05) is 24.3 Å². The van der Waals surface area contributed by atoms with Crippen LogP contribution in [0.2, 0.25) is 0 Å². The minimum atomic E-state index is -3.66. The van der Waals surface area contributed by atoms with Gasteiger partial charge in [-0.05, 0) is 60.2 Å². The minimum Gasteiger partial charge on any atom is -0.497 e. The summed E-state index contributed by atoms with van der Waals surface area (Å²) < 4.78 is 43.7. The van der Waals surface area contributed by atoms with Crippen LogP contribution < -0.4 is 20.3 Å². The molecule has 204 valence electrons. The molecule has 9 nitrogen and oxygen atoms in total. The number of ether oxygens (including phenoxy) is 1. The van der Waals surface area contributed by atoms with E-state index in [2.05, 4.69) is 15.5 Å². The Kier molecular flexibility index (Phi) is 7.42. The molecule has 0 radical (unpaired) electrons. The molecule has 39 heavy (non-hydrogen) atoms. The molecule has 0 bridgehead atoms. The maximum Gasteiger partial charge on any atom is 0.254 e. The Morgan fingerprint density at radius 1 is 0.974 bits per heavy atom. The van der Waals surface area contributed by atoms with E-state index < -0.39 is 33.4 Å². The zero-order valence-corrected chi connectivity index (χ0v) is 22.2. The Balaban J connectivity index is 1.20. The van der Waals surface area contributed by atoms with Crippen molar-refractivity contribution in [2.75, 3.05) is 54.6 Å². The highest BCUT2D eigenvalue weighted by molar-refractivity contribution is 7.90. The molecule has 3 aromatic carbocycles. The highest BCUT2D eigenvalue weighted by atomic mass is 32.2. The average molecular weight is 553 g/mol. The van der Waals surface area contributed by atoms with Gasteiger partial charge >= 0.3 is 0 Å². The molecule has 1 fully saturated rings. The highest BCUT2D eigenvalue weighted by Gasteiger charge is 2.31. The molecule has 2 aliphatic heterocycles. The number of benzene rings is 3. The molecule has 1 saturated heterocycles. The van der Waals surface area contributed by atoms with Crippen LogP contribution in [0, 0.1) is 5.82 Å². The van der Waals surface area contributed by atoms with E-state index in [0.29, 0.717) is 48.7 Å². The van der Waals surface area contributed by atoms with Crippen LogP contribution in [0.15, 0.2) is 66.7 Å². The van der Waals surface area contributed by atoms with Crippen molar-refractivity contribution in [1.29, 1.82) is 0 Å². The van der Waals surface area contributed by atoms with Gasteiger partial charge in [-0.15, -0.1) is 0 Å². The molecule has 11 heteroatoms. The van der Waals surface area contributed by atoms with Crippen LogP contribution in [-0.2, 0) is 20.4 Å². The molecule has 0 aliphatic carbocycles. The largest absolute Gasteiger partial charge is 0.497 e. The van der Waals surface area contributed by atoms with Gasteiger partial charge in [0.05, 0.1) is 30.0 Å². The van der Waals surface area contributed by atoms with Crippen LogP contribution in [0.3, 0.4) is 0 Å². The Hall–Kier alpha value is -4.12. The van der Waals surface area contributed by atoms with Crippen molar-refractivity contribution in [3.05, 3.63) is 83.7 Å². The molecular weight excluding hydrogens is 523 g/mol. The Labute approximate surface area is 226 Å². The molecule has 2 heterocycles. The number of nitrogens with zero attached hydrogens (tertiary/aromatic N) is 2. The minimum absolute atomic E-state index is 0.134. The van der Waals surface area contributed by atoms with E-state index in [4.69, 9.17) is 4.74 Å². The number of hydrogen-bond donors (Lipinski definition) is 2. The van der Waals surface area contributed by atoms with Crippen molar-refractivity contribution < 1.29 is 27.1 Å². The standard InChI is InChI=1S/C28H29FN4O5S/c1-38-23-9-7-22(8-10-23)32-12-14-33(15-13-32)28(35)20-4-11-24-25(16-20)31-27(34)26(30-24)18-39(36,37)17-19-2-5-21(29)6-3-19/h2-11,16,26,30H,12-15,17-18H2,1H3,(H,31,34)/t26-/m1/s1. The zero-order chi connectivity index (χ0) is 27.6. The van der Waals surface area contributed by atoms with Gasteiger partial charge in [0.2, 0.25) is 5.91 Å². The molecule has 1 atom stereocenters. The summed E-state index contributed by atoms with van der Waals surface area (Å²) in [5, 5.41) is 5.72. The molecule has 0 saturated carbocycles. The number of carbonyl (C=O) groups excluding carboxylic acids is 2. The molecule has 0 aromatic heterocycles. The number of halogens is 1. The molecular formula is C28H29FN4O5S. The lowest BCUT2D eigenvalue weighted by atomic mass is 10.1. The third kappa shape index (κ3) is 6.14. The van der Waals surface area contributed by atoms with Crippen molar-refractivity contribution in [1.82, 2.24) is 4.90 Å². The zero-order valence-electron chi connectivity index (χ0n) is 21.4. The molecule has 5 rings (SSSR count). The second-order valence-electron chi connectivity index (χ2n) is 9.60. The van der Waals surface area contributed by atoms with E-state index in [1.165, 1.54) is 24.3 Å². The summed E-state index contributed by atoms with van der Waals surface area (Å²) in [5.41, 5.74) is 2.92. The SMILES string of the molecule is COc1ccc(N2CCN(C(=O)c3ccc4c(c3)NC(=O)[C@@H](CS(=O)(=O)Cc3ccc(F)cc3)N4)CC2)cc1. The number of nitrogens with one attached hydrogen (secondary N) is 2. The number of anilines is 3. The smallest absolute Gasteiger partial charge is 0.254 e. The predicted molar refractivity (Wildman–Crippen MR) is 147 cm³/mol. The highest BCUT2D eigenvalue weighted by Crippen LogP contribution is 2.29. The third-order valence-corrected chi connectivity index (χ3v) is 8.51. The summed E-state index contributed by atoms with van der Waals surface area (Å²) in [6.45, 7) is 2.49. The number of hydrogen-bond acceptors (Lipinski definition) is 7. The van der Waals surface area contributed by atoms with Crippen LogP contribution in [0.1, 0.15) is 15.9 Å². The van der Waals surface area contributed by atoms with Crippen molar-refractivity contribution in [2.24, 2.45) is 0 Å².